The van der Waals surface area contributed by atoms with Crippen LogP contribution in [-0.2, 0) is 6.54 Å². The summed E-state index contributed by atoms with van der Waals surface area (Å²) in [5.74, 6) is 0. The molecule has 0 aliphatic carbocycles. The molecule has 0 radical (unpaired) electrons. The van der Waals surface area contributed by atoms with Gasteiger partial charge in [0.15, 0.2) is 0 Å². The second-order valence-corrected chi connectivity index (χ2v) is 7.10. The first-order chi connectivity index (χ1) is 8.26. The molecule has 0 saturated carbocycles. The maximum absolute atomic E-state index is 3.49. The number of likely N-dealkylation sites (tertiary alicyclic amines) is 1. The molecule has 1 aromatic rings. The highest BCUT2D eigenvalue weighted by molar-refractivity contribution is 7.11. The van der Waals surface area contributed by atoms with Crippen LogP contribution in [0.2, 0.25) is 0 Å². The molecule has 3 rings (SSSR count). The zero-order valence-corrected chi connectivity index (χ0v) is 11.5. The van der Waals surface area contributed by atoms with Crippen molar-refractivity contribution in [3.63, 3.8) is 0 Å². The van der Waals surface area contributed by atoms with Crippen LogP contribution in [0.4, 0.5) is 0 Å². The SMILES string of the molecule is Cc1ccc(CN2CCC3(CCNCC3)C2)s1. The van der Waals surface area contributed by atoms with Crippen LogP contribution in [0, 0.1) is 12.3 Å². The van der Waals surface area contributed by atoms with Crippen molar-refractivity contribution in [2.24, 2.45) is 5.41 Å². The van der Waals surface area contributed by atoms with E-state index in [2.05, 4.69) is 29.3 Å². The Bertz CT molecular complexity index is 379. The van der Waals surface area contributed by atoms with Crippen molar-refractivity contribution in [1.82, 2.24) is 10.2 Å². The van der Waals surface area contributed by atoms with E-state index in [1.807, 2.05) is 11.3 Å². The van der Waals surface area contributed by atoms with Gasteiger partial charge in [-0.1, -0.05) is 0 Å². The third-order valence-electron chi connectivity index (χ3n) is 4.36. The smallest absolute Gasteiger partial charge is 0.0328 e. The van der Waals surface area contributed by atoms with Crippen molar-refractivity contribution < 1.29 is 0 Å². The van der Waals surface area contributed by atoms with Gasteiger partial charge in [0.05, 0.1) is 0 Å². The molecule has 94 valence electrons. The van der Waals surface area contributed by atoms with Crippen molar-refractivity contribution in [1.29, 1.82) is 0 Å². The predicted molar refractivity (Wildman–Crippen MR) is 73.5 cm³/mol. The van der Waals surface area contributed by atoms with Gasteiger partial charge < -0.3 is 5.32 Å². The topological polar surface area (TPSA) is 15.3 Å². The number of nitrogens with zero attached hydrogens (tertiary/aromatic N) is 1. The van der Waals surface area contributed by atoms with E-state index in [-0.39, 0.29) is 0 Å². The lowest BCUT2D eigenvalue weighted by atomic mass is 9.78. The van der Waals surface area contributed by atoms with Gasteiger partial charge in [0.1, 0.15) is 0 Å². The second kappa shape index (κ2) is 4.71. The van der Waals surface area contributed by atoms with Gasteiger partial charge in [0.25, 0.3) is 0 Å². The second-order valence-electron chi connectivity index (χ2n) is 5.72. The summed E-state index contributed by atoms with van der Waals surface area (Å²) in [6, 6.07) is 4.55. The molecule has 0 bridgehead atoms. The Kier molecular flexibility index (Phi) is 3.24. The summed E-state index contributed by atoms with van der Waals surface area (Å²) in [5.41, 5.74) is 0.650. The lowest BCUT2D eigenvalue weighted by Gasteiger charge is -2.33. The van der Waals surface area contributed by atoms with Gasteiger partial charge in [-0.2, -0.15) is 0 Å². The molecule has 17 heavy (non-hydrogen) atoms. The number of piperidine rings is 1. The molecular weight excluding hydrogens is 228 g/mol. The van der Waals surface area contributed by atoms with Gasteiger partial charge in [0.2, 0.25) is 0 Å². The van der Waals surface area contributed by atoms with Gasteiger partial charge in [-0.3, -0.25) is 4.90 Å². The molecule has 2 aliphatic rings. The third-order valence-corrected chi connectivity index (χ3v) is 5.34. The van der Waals surface area contributed by atoms with Gasteiger partial charge in [-0.25, -0.2) is 0 Å². The van der Waals surface area contributed by atoms with Gasteiger partial charge in [-0.05, 0) is 63.4 Å². The van der Waals surface area contributed by atoms with Crippen LogP contribution in [0.25, 0.3) is 0 Å². The minimum Gasteiger partial charge on any atom is -0.317 e. The normalized spacial score (nSPS) is 24.5. The van der Waals surface area contributed by atoms with Crippen LogP contribution < -0.4 is 5.32 Å². The Hall–Kier alpha value is -0.380. The molecule has 1 spiro atoms. The van der Waals surface area contributed by atoms with E-state index in [0.29, 0.717) is 5.41 Å². The molecule has 0 amide bonds. The van der Waals surface area contributed by atoms with Crippen LogP contribution in [0.1, 0.15) is 29.0 Å². The highest BCUT2D eigenvalue weighted by atomic mass is 32.1. The highest BCUT2D eigenvalue weighted by Gasteiger charge is 2.38. The van der Waals surface area contributed by atoms with E-state index in [4.69, 9.17) is 0 Å². The molecule has 1 aromatic heterocycles. The van der Waals surface area contributed by atoms with E-state index >= 15 is 0 Å². The van der Waals surface area contributed by atoms with E-state index in [1.165, 1.54) is 61.7 Å². The summed E-state index contributed by atoms with van der Waals surface area (Å²) in [6.45, 7) is 8.46. The summed E-state index contributed by atoms with van der Waals surface area (Å²) in [6.07, 6.45) is 4.18. The van der Waals surface area contributed by atoms with Crippen LogP contribution in [0.15, 0.2) is 12.1 Å². The first-order valence-electron chi connectivity index (χ1n) is 6.74. The molecule has 2 fully saturated rings. The Balaban J connectivity index is 1.60. The summed E-state index contributed by atoms with van der Waals surface area (Å²) in [7, 11) is 0. The average Bonchev–Trinajstić information content (AvgIpc) is 2.89. The number of rotatable bonds is 2. The largest absolute Gasteiger partial charge is 0.317 e. The van der Waals surface area contributed by atoms with Crippen LogP contribution in [0.5, 0.6) is 0 Å². The number of hydrogen-bond donors (Lipinski definition) is 1. The van der Waals surface area contributed by atoms with Gasteiger partial charge >= 0.3 is 0 Å². The number of nitrogens with one attached hydrogen (secondary N) is 1. The first-order valence-corrected chi connectivity index (χ1v) is 7.56. The summed E-state index contributed by atoms with van der Waals surface area (Å²) in [5, 5.41) is 3.49. The standard InChI is InChI=1S/C14H22N2S/c1-12-2-3-13(17-12)10-16-9-6-14(11-16)4-7-15-8-5-14/h2-3,15H,4-11H2,1H3. The Morgan fingerprint density at radius 2 is 2.12 bits per heavy atom. The number of thiophene rings is 1. The van der Waals surface area contributed by atoms with Gasteiger partial charge in [-0.15, -0.1) is 11.3 Å². The van der Waals surface area contributed by atoms with E-state index in [1.54, 1.807) is 0 Å². The average molecular weight is 250 g/mol. The number of aryl methyl sites for hydroxylation is 1. The van der Waals surface area contributed by atoms with E-state index < -0.39 is 0 Å². The Morgan fingerprint density at radius 1 is 1.29 bits per heavy atom. The number of hydrogen-bond acceptors (Lipinski definition) is 3. The fourth-order valence-electron chi connectivity index (χ4n) is 3.32. The first kappa shape index (κ1) is 11.7. The van der Waals surface area contributed by atoms with E-state index in [9.17, 15) is 0 Å². The highest BCUT2D eigenvalue weighted by Crippen LogP contribution is 2.39. The zero-order valence-electron chi connectivity index (χ0n) is 10.7. The maximum Gasteiger partial charge on any atom is 0.0328 e. The zero-order chi connectivity index (χ0) is 11.7. The van der Waals surface area contributed by atoms with Crippen molar-refractivity contribution in [2.75, 3.05) is 26.2 Å². The van der Waals surface area contributed by atoms with Crippen LogP contribution in [-0.4, -0.2) is 31.1 Å². The maximum atomic E-state index is 3.49. The summed E-state index contributed by atoms with van der Waals surface area (Å²) >= 11 is 1.96. The Morgan fingerprint density at radius 3 is 2.82 bits per heavy atom. The van der Waals surface area contributed by atoms with Crippen LogP contribution in [0.3, 0.4) is 0 Å². The minimum absolute atomic E-state index is 0.650. The quantitative estimate of drug-likeness (QED) is 0.868. The van der Waals surface area contributed by atoms with Crippen molar-refractivity contribution in [3.05, 3.63) is 21.9 Å². The van der Waals surface area contributed by atoms with Gasteiger partial charge in [0, 0.05) is 22.8 Å². The molecule has 1 N–H and O–H groups in total. The fourth-order valence-corrected chi connectivity index (χ4v) is 4.25. The minimum atomic E-state index is 0.650. The van der Waals surface area contributed by atoms with Crippen molar-refractivity contribution in [2.45, 2.75) is 32.7 Å². The predicted octanol–water partition coefficient (Wildman–Crippen LogP) is 2.63. The van der Waals surface area contributed by atoms with Crippen molar-refractivity contribution in [3.8, 4) is 0 Å². The molecule has 3 heterocycles. The molecule has 0 aromatic carbocycles. The summed E-state index contributed by atoms with van der Waals surface area (Å²) in [4.78, 5) is 5.64. The molecular formula is C14H22N2S. The van der Waals surface area contributed by atoms with Crippen LogP contribution >= 0.6 is 11.3 Å². The lowest BCUT2D eigenvalue weighted by molar-refractivity contribution is 0.194. The molecule has 0 atom stereocenters. The fraction of sp³-hybridized carbons (Fsp3) is 0.714. The monoisotopic (exact) mass is 250 g/mol. The molecule has 2 saturated heterocycles. The molecule has 0 unspecified atom stereocenters. The molecule has 3 heteroatoms. The lowest BCUT2D eigenvalue weighted by Crippen LogP contribution is -2.38. The third kappa shape index (κ3) is 2.56. The Labute approximate surface area is 108 Å². The molecule has 2 aliphatic heterocycles. The molecule has 2 nitrogen and oxygen atoms in total. The summed E-state index contributed by atoms with van der Waals surface area (Å²) < 4.78 is 0. The van der Waals surface area contributed by atoms with Crippen molar-refractivity contribution >= 4 is 11.3 Å². The van der Waals surface area contributed by atoms with E-state index in [0.717, 1.165) is 0 Å².